The molecule has 7 heteroatoms. The molecule has 0 atom stereocenters. The van der Waals surface area contributed by atoms with E-state index in [1.165, 1.54) is 12.1 Å². The molecule has 2 heterocycles. The minimum absolute atomic E-state index is 0.0641. The second-order valence-electron chi connectivity index (χ2n) is 4.54. The Morgan fingerprint density at radius 1 is 1.33 bits per heavy atom. The zero-order chi connectivity index (χ0) is 14.8. The third-order valence-corrected chi connectivity index (χ3v) is 3.11. The summed E-state index contributed by atoms with van der Waals surface area (Å²) >= 11 is 0. The van der Waals surface area contributed by atoms with E-state index in [-0.39, 0.29) is 5.69 Å². The highest BCUT2D eigenvalue weighted by Gasteiger charge is 2.07. The zero-order valence-corrected chi connectivity index (χ0v) is 11.4. The number of nitro groups is 1. The van der Waals surface area contributed by atoms with E-state index in [0.717, 1.165) is 17.6 Å². The molecular weight excluding hydrogens is 270 g/mol. The van der Waals surface area contributed by atoms with Gasteiger partial charge in [-0.3, -0.25) is 14.8 Å². The Labute approximate surface area is 120 Å². The van der Waals surface area contributed by atoms with Crippen LogP contribution in [0.25, 0.3) is 10.9 Å². The third kappa shape index (κ3) is 2.66. The maximum Gasteiger partial charge on any atom is 0.270 e. The first-order valence-corrected chi connectivity index (χ1v) is 6.50. The Hall–Kier alpha value is -2.96. The van der Waals surface area contributed by atoms with E-state index in [4.69, 9.17) is 0 Å². The zero-order valence-electron chi connectivity index (χ0n) is 11.4. The van der Waals surface area contributed by atoms with Crippen molar-refractivity contribution in [3.8, 4) is 0 Å². The first kappa shape index (κ1) is 13.0. The van der Waals surface area contributed by atoms with E-state index in [0.29, 0.717) is 11.3 Å². The molecule has 0 spiro atoms. The van der Waals surface area contributed by atoms with Gasteiger partial charge in [0.1, 0.15) is 5.82 Å². The summed E-state index contributed by atoms with van der Waals surface area (Å²) in [5.41, 5.74) is 1.62. The van der Waals surface area contributed by atoms with E-state index in [9.17, 15) is 10.1 Å². The Bertz CT molecular complexity index is 812. The molecule has 0 aliphatic carbocycles. The summed E-state index contributed by atoms with van der Waals surface area (Å²) in [5, 5.41) is 18.8. The van der Waals surface area contributed by atoms with Gasteiger partial charge in [-0.05, 0) is 25.1 Å². The SMILES string of the molecule is CCn1cc(Nc2ccc3cc([N+](=O)[O-])ccc3n2)cn1. The number of non-ortho nitro benzene ring substituents is 1. The highest BCUT2D eigenvalue weighted by molar-refractivity contribution is 5.83. The van der Waals surface area contributed by atoms with E-state index in [1.54, 1.807) is 18.3 Å². The van der Waals surface area contributed by atoms with Gasteiger partial charge in [-0.15, -0.1) is 0 Å². The van der Waals surface area contributed by atoms with Crippen molar-refractivity contribution in [1.29, 1.82) is 0 Å². The third-order valence-electron chi connectivity index (χ3n) is 3.11. The summed E-state index contributed by atoms with van der Waals surface area (Å²) in [6.45, 7) is 2.81. The number of hydrogen-bond donors (Lipinski definition) is 1. The summed E-state index contributed by atoms with van der Waals surface area (Å²) in [6.07, 6.45) is 3.62. The number of nitrogens with zero attached hydrogens (tertiary/aromatic N) is 4. The van der Waals surface area contributed by atoms with Crippen LogP contribution in [0.2, 0.25) is 0 Å². The van der Waals surface area contributed by atoms with Gasteiger partial charge >= 0.3 is 0 Å². The van der Waals surface area contributed by atoms with Crippen LogP contribution in [0.4, 0.5) is 17.2 Å². The number of anilines is 2. The average Bonchev–Trinajstić information content (AvgIpc) is 2.94. The van der Waals surface area contributed by atoms with Gasteiger partial charge in [0, 0.05) is 30.3 Å². The Kier molecular flexibility index (Phi) is 3.23. The van der Waals surface area contributed by atoms with E-state index in [2.05, 4.69) is 15.4 Å². The Morgan fingerprint density at radius 3 is 2.90 bits per heavy atom. The smallest absolute Gasteiger partial charge is 0.270 e. The molecule has 0 saturated heterocycles. The fourth-order valence-electron chi connectivity index (χ4n) is 2.05. The largest absolute Gasteiger partial charge is 0.338 e. The summed E-state index contributed by atoms with van der Waals surface area (Å²) in [6, 6.07) is 8.21. The number of rotatable bonds is 4. The van der Waals surface area contributed by atoms with Crippen LogP contribution in [0.15, 0.2) is 42.7 Å². The Morgan fingerprint density at radius 2 is 2.19 bits per heavy atom. The quantitative estimate of drug-likeness (QED) is 0.587. The second-order valence-corrected chi connectivity index (χ2v) is 4.54. The molecule has 0 saturated carbocycles. The fraction of sp³-hybridized carbons (Fsp3) is 0.143. The molecule has 3 rings (SSSR count). The lowest BCUT2D eigenvalue weighted by Gasteiger charge is -2.04. The number of aryl methyl sites for hydroxylation is 1. The molecule has 21 heavy (non-hydrogen) atoms. The predicted molar refractivity (Wildman–Crippen MR) is 79.6 cm³/mol. The van der Waals surface area contributed by atoms with Gasteiger partial charge in [-0.1, -0.05) is 0 Å². The highest BCUT2D eigenvalue weighted by atomic mass is 16.6. The summed E-state index contributed by atoms with van der Waals surface area (Å²) in [5.74, 6) is 0.673. The van der Waals surface area contributed by atoms with Crippen LogP contribution in [0.1, 0.15) is 6.92 Å². The molecule has 2 aromatic heterocycles. The van der Waals surface area contributed by atoms with Crippen LogP contribution in [0, 0.1) is 10.1 Å². The molecule has 0 radical (unpaired) electrons. The first-order valence-electron chi connectivity index (χ1n) is 6.50. The number of nitrogens with one attached hydrogen (secondary N) is 1. The molecule has 0 fully saturated rings. The first-order chi connectivity index (χ1) is 10.2. The topological polar surface area (TPSA) is 85.9 Å². The number of nitro benzene ring substituents is 1. The van der Waals surface area contributed by atoms with Gasteiger partial charge in [0.25, 0.3) is 5.69 Å². The lowest BCUT2D eigenvalue weighted by Crippen LogP contribution is -1.94. The molecule has 0 aliphatic rings. The van der Waals surface area contributed by atoms with Gasteiger partial charge in [-0.2, -0.15) is 5.10 Å². The van der Waals surface area contributed by atoms with Crippen LogP contribution in [-0.2, 0) is 6.54 Å². The van der Waals surface area contributed by atoms with Crippen molar-refractivity contribution in [2.24, 2.45) is 0 Å². The maximum absolute atomic E-state index is 10.7. The second kappa shape index (κ2) is 5.20. The lowest BCUT2D eigenvalue weighted by atomic mass is 10.2. The van der Waals surface area contributed by atoms with Crippen molar-refractivity contribution < 1.29 is 4.92 Å². The molecule has 1 aromatic carbocycles. The van der Waals surface area contributed by atoms with Crippen LogP contribution < -0.4 is 5.32 Å². The predicted octanol–water partition coefficient (Wildman–Crippen LogP) is 3.10. The van der Waals surface area contributed by atoms with Gasteiger partial charge in [0.15, 0.2) is 0 Å². The van der Waals surface area contributed by atoms with Crippen LogP contribution in [0.5, 0.6) is 0 Å². The van der Waals surface area contributed by atoms with Crippen LogP contribution in [-0.4, -0.2) is 19.7 Å². The number of aromatic nitrogens is 3. The Balaban J connectivity index is 1.90. The van der Waals surface area contributed by atoms with Crippen molar-refractivity contribution >= 4 is 28.1 Å². The van der Waals surface area contributed by atoms with E-state index < -0.39 is 4.92 Å². The molecule has 3 aromatic rings. The van der Waals surface area contributed by atoms with Crippen molar-refractivity contribution in [2.45, 2.75) is 13.5 Å². The summed E-state index contributed by atoms with van der Waals surface area (Å²) in [7, 11) is 0. The monoisotopic (exact) mass is 283 g/mol. The van der Waals surface area contributed by atoms with Crippen LogP contribution in [0.3, 0.4) is 0 Å². The molecule has 0 bridgehead atoms. The number of fused-ring (bicyclic) bond motifs is 1. The molecule has 0 aliphatic heterocycles. The molecule has 0 amide bonds. The summed E-state index contributed by atoms with van der Waals surface area (Å²) in [4.78, 5) is 14.8. The number of hydrogen-bond acceptors (Lipinski definition) is 5. The van der Waals surface area contributed by atoms with Crippen molar-refractivity contribution in [3.05, 3.63) is 52.8 Å². The van der Waals surface area contributed by atoms with Crippen molar-refractivity contribution in [2.75, 3.05) is 5.32 Å². The van der Waals surface area contributed by atoms with E-state index in [1.807, 2.05) is 23.9 Å². The van der Waals surface area contributed by atoms with Gasteiger partial charge in [0.2, 0.25) is 0 Å². The van der Waals surface area contributed by atoms with E-state index >= 15 is 0 Å². The molecular formula is C14H13N5O2. The normalized spacial score (nSPS) is 10.7. The van der Waals surface area contributed by atoms with Gasteiger partial charge < -0.3 is 5.32 Å². The van der Waals surface area contributed by atoms with Crippen molar-refractivity contribution in [3.63, 3.8) is 0 Å². The molecule has 0 unspecified atom stereocenters. The minimum Gasteiger partial charge on any atom is -0.338 e. The standard InChI is InChI=1S/C14H13N5O2/c1-2-18-9-11(8-15-18)16-14-6-3-10-7-12(19(20)21)4-5-13(10)17-14/h3-9H,2H2,1H3,(H,16,17). The van der Waals surface area contributed by atoms with Gasteiger partial charge in [-0.25, -0.2) is 4.98 Å². The van der Waals surface area contributed by atoms with Gasteiger partial charge in [0.05, 0.1) is 22.3 Å². The minimum atomic E-state index is -0.412. The summed E-state index contributed by atoms with van der Waals surface area (Å²) < 4.78 is 1.81. The fourth-order valence-corrected chi connectivity index (χ4v) is 2.05. The maximum atomic E-state index is 10.7. The molecule has 7 nitrogen and oxygen atoms in total. The molecule has 1 N–H and O–H groups in total. The highest BCUT2D eigenvalue weighted by Crippen LogP contribution is 2.22. The average molecular weight is 283 g/mol. The van der Waals surface area contributed by atoms with Crippen LogP contribution >= 0.6 is 0 Å². The van der Waals surface area contributed by atoms with Crippen molar-refractivity contribution in [1.82, 2.24) is 14.8 Å². The lowest BCUT2D eigenvalue weighted by molar-refractivity contribution is -0.384. The number of benzene rings is 1. The molecule has 106 valence electrons. The number of pyridine rings is 1.